The van der Waals surface area contributed by atoms with Crippen molar-refractivity contribution in [3.05, 3.63) is 47.5 Å². The molecule has 148 valence electrons. The first-order valence-electron chi connectivity index (χ1n) is 8.91. The predicted molar refractivity (Wildman–Crippen MR) is 101 cm³/mol. The fraction of sp³-hybridized carbons (Fsp3) is 0.500. The van der Waals surface area contributed by atoms with E-state index in [1.54, 1.807) is 21.8 Å². The van der Waals surface area contributed by atoms with Gasteiger partial charge < -0.3 is 15.4 Å². The number of rotatable bonds is 7. The van der Waals surface area contributed by atoms with Gasteiger partial charge in [0, 0.05) is 19.7 Å². The standard InChI is InChI=1S/C18H24FN5O2.ClH/c19-15-4-1-3-14(11-15)12-24-13-17(21-22-24)18(25)23-8-5-16(6-9-23)26-10-2-7-20;/h1,3-4,11,13,16H,2,5-10,12,20H2;1H. The second-order valence-electron chi connectivity index (χ2n) is 6.44. The molecule has 1 aliphatic rings. The molecule has 9 heteroatoms. The molecule has 0 aliphatic carbocycles. The number of nitrogens with zero attached hydrogens (tertiary/aromatic N) is 4. The topological polar surface area (TPSA) is 86.3 Å². The highest BCUT2D eigenvalue weighted by atomic mass is 35.5. The van der Waals surface area contributed by atoms with Crippen molar-refractivity contribution >= 4 is 18.3 Å². The van der Waals surface area contributed by atoms with E-state index in [-0.39, 0.29) is 30.2 Å². The van der Waals surface area contributed by atoms with Crippen molar-refractivity contribution in [1.82, 2.24) is 19.9 Å². The molecular weight excluding hydrogens is 373 g/mol. The Kier molecular flexibility index (Phi) is 8.15. The summed E-state index contributed by atoms with van der Waals surface area (Å²) >= 11 is 0. The lowest BCUT2D eigenvalue weighted by molar-refractivity contribution is 0.00829. The maximum Gasteiger partial charge on any atom is 0.276 e. The summed E-state index contributed by atoms with van der Waals surface area (Å²) < 4.78 is 20.6. The maximum absolute atomic E-state index is 13.3. The van der Waals surface area contributed by atoms with Crippen molar-refractivity contribution in [2.75, 3.05) is 26.2 Å². The molecule has 1 aliphatic heterocycles. The zero-order valence-corrected chi connectivity index (χ0v) is 15.9. The summed E-state index contributed by atoms with van der Waals surface area (Å²) in [7, 11) is 0. The zero-order chi connectivity index (χ0) is 18.4. The molecule has 7 nitrogen and oxygen atoms in total. The van der Waals surface area contributed by atoms with Gasteiger partial charge in [-0.2, -0.15) is 0 Å². The minimum atomic E-state index is -0.296. The lowest BCUT2D eigenvalue weighted by Crippen LogP contribution is -2.41. The van der Waals surface area contributed by atoms with Gasteiger partial charge in [-0.15, -0.1) is 17.5 Å². The van der Waals surface area contributed by atoms with Crippen LogP contribution >= 0.6 is 12.4 Å². The first kappa shape index (κ1) is 21.3. The lowest BCUT2D eigenvalue weighted by atomic mass is 10.1. The van der Waals surface area contributed by atoms with Crippen LogP contribution in [0.1, 0.15) is 35.3 Å². The number of benzene rings is 1. The van der Waals surface area contributed by atoms with E-state index in [1.165, 1.54) is 12.1 Å². The third-order valence-corrected chi connectivity index (χ3v) is 4.42. The number of carbonyl (C=O) groups excluding carboxylic acids is 1. The van der Waals surface area contributed by atoms with E-state index in [4.69, 9.17) is 10.5 Å². The van der Waals surface area contributed by atoms with Crippen LogP contribution in [-0.2, 0) is 11.3 Å². The Hall–Kier alpha value is -2.03. The van der Waals surface area contributed by atoms with Crippen LogP contribution in [0.5, 0.6) is 0 Å². The van der Waals surface area contributed by atoms with E-state index in [1.807, 2.05) is 6.07 Å². The van der Waals surface area contributed by atoms with Gasteiger partial charge in [0.15, 0.2) is 5.69 Å². The normalized spacial score (nSPS) is 14.8. The third-order valence-electron chi connectivity index (χ3n) is 4.42. The molecule has 2 N–H and O–H groups in total. The Morgan fingerprint density at radius 2 is 2.11 bits per heavy atom. The van der Waals surface area contributed by atoms with Gasteiger partial charge in [-0.1, -0.05) is 17.3 Å². The van der Waals surface area contributed by atoms with E-state index in [0.717, 1.165) is 24.8 Å². The minimum absolute atomic E-state index is 0. The molecule has 2 aromatic rings. The number of piperidine rings is 1. The average molecular weight is 398 g/mol. The number of ether oxygens (including phenoxy) is 1. The molecule has 1 amide bonds. The smallest absolute Gasteiger partial charge is 0.276 e. The van der Waals surface area contributed by atoms with Crippen LogP contribution < -0.4 is 5.73 Å². The molecule has 1 aromatic heterocycles. The number of aromatic nitrogens is 3. The summed E-state index contributed by atoms with van der Waals surface area (Å²) in [6, 6.07) is 6.29. The maximum atomic E-state index is 13.3. The number of carbonyl (C=O) groups is 1. The van der Waals surface area contributed by atoms with Gasteiger partial charge in [0.2, 0.25) is 0 Å². The minimum Gasteiger partial charge on any atom is -0.378 e. The number of halogens is 2. The van der Waals surface area contributed by atoms with Gasteiger partial charge in [-0.25, -0.2) is 9.07 Å². The molecule has 0 bridgehead atoms. The van der Waals surface area contributed by atoms with Gasteiger partial charge >= 0.3 is 0 Å². The molecule has 2 heterocycles. The summed E-state index contributed by atoms with van der Waals surface area (Å²) in [6.07, 6.45) is 4.28. The molecular formula is C18H25ClFN5O2. The summed E-state index contributed by atoms with van der Waals surface area (Å²) in [5, 5.41) is 7.95. The largest absolute Gasteiger partial charge is 0.378 e. The molecule has 0 spiro atoms. The molecule has 0 radical (unpaired) electrons. The Morgan fingerprint density at radius 3 is 2.81 bits per heavy atom. The van der Waals surface area contributed by atoms with Crippen molar-refractivity contribution in [3.8, 4) is 0 Å². The van der Waals surface area contributed by atoms with E-state index in [0.29, 0.717) is 38.5 Å². The second kappa shape index (κ2) is 10.3. The number of amides is 1. The zero-order valence-electron chi connectivity index (χ0n) is 15.1. The SMILES string of the molecule is Cl.NCCCOC1CCN(C(=O)c2cn(Cc3cccc(F)c3)nn2)CC1. The van der Waals surface area contributed by atoms with Crippen molar-refractivity contribution in [2.45, 2.75) is 31.9 Å². The first-order valence-corrected chi connectivity index (χ1v) is 8.91. The van der Waals surface area contributed by atoms with Crippen molar-refractivity contribution in [3.63, 3.8) is 0 Å². The summed E-state index contributed by atoms with van der Waals surface area (Å²) in [5.74, 6) is -0.425. The molecule has 27 heavy (non-hydrogen) atoms. The Bertz CT molecular complexity index is 734. The van der Waals surface area contributed by atoms with Gasteiger partial charge in [-0.05, 0) is 43.5 Å². The van der Waals surface area contributed by atoms with E-state index in [2.05, 4.69) is 10.3 Å². The molecule has 0 unspecified atom stereocenters. The molecule has 0 saturated carbocycles. The van der Waals surface area contributed by atoms with Crippen molar-refractivity contribution in [2.24, 2.45) is 5.73 Å². The van der Waals surface area contributed by atoms with Crippen LogP contribution in [-0.4, -0.2) is 58.1 Å². The summed E-state index contributed by atoms with van der Waals surface area (Å²) in [6.45, 7) is 2.95. The molecule has 1 fully saturated rings. The van der Waals surface area contributed by atoms with Gasteiger partial charge in [0.1, 0.15) is 5.82 Å². The Morgan fingerprint density at radius 1 is 1.33 bits per heavy atom. The highest BCUT2D eigenvalue weighted by Crippen LogP contribution is 2.16. The van der Waals surface area contributed by atoms with Crippen molar-refractivity contribution < 1.29 is 13.9 Å². The van der Waals surface area contributed by atoms with Crippen LogP contribution in [0.2, 0.25) is 0 Å². The lowest BCUT2D eigenvalue weighted by Gasteiger charge is -2.31. The van der Waals surface area contributed by atoms with Crippen LogP contribution in [0.25, 0.3) is 0 Å². The summed E-state index contributed by atoms with van der Waals surface area (Å²) in [4.78, 5) is 14.4. The third kappa shape index (κ3) is 5.98. The monoisotopic (exact) mass is 397 g/mol. The van der Waals surface area contributed by atoms with Gasteiger partial charge in [-0.3, -0.25) is 4.79 Å². The Balaban J connectivity index is 0.00000261. The first-order chi connectivity index (χ1) is 12.7. The number of likely N-dealkylation sites (tertiary alicyclic amines) is 1. The molecule has 0 atom stereocenters. The quantitative estimate of drug-likeness (QED) is 0.720. The van der Waals surface area contributed by atoms with E-state index >= 15 is 0 Å². The predicted octanol–water partition coefficient (Wildman–Crippen LogP) is 1.86. The number of hydrogen-bond donors (Lipinski definition) is 1. The number of nitrogens with two attached hydrogens (primary N) is 1. The van der Waals surface area contributed by atoms with Crippen LogP contribution in [0.4, 0.5) is 4.39 Å². The van der Waals surface area contributed by atoms with Crippen molar-refractivity contribution in [1.29, 1.82) is 0 Å². The fourth-order valence-corrected chi connectivity index (χ4v) is 3.02. The fourth-order valence-electron chi connectivity index (χ4n) is 3.02. The number of hydrogen-bond acceptors (Lipinski definition) is 5. The van der Waals surface area contributed by atoms with Crippen LogP contribution in [0, 0.1) is 5.82 Å². The van der Waals surface area contributed by atoms with Gasteiger partial charge in [0.05, 0.1) is 18.8 Å². The van der Waals surface area contributed by atoms with E-state index in [9.17, 15) is 9.18 Å². The van der Waals surface area contributed by atoms with Gasteiger partial charge in [0.25, 0.3) is 5.91 Å². The molecule has 1 aromatic carbocycles. The van der Waals surface area contributed by atoms with Crippen LogP contribution in [0.3, 0.4) is 0 Å². The molecule has 1 saturated heterocycles. The van der Waals surface area contributed by atoms with Crippen LogP contribution in [0.15, 0.2) is 30.5 Å². The second-order valence-corrected chi connectivity index (χ2v) is 6.44. The van der Waals surface area contributed by atoms with E-state index < -0.39 is 0 Å². The highest BCUT2D eigenvalue weighted by Gasteiger charge is 2.25. The molecule has 3 rings (SSSR count). The highest BCUT2D eigenvalue weighted by molar-refractivity contribution is 5.92. The Labute approximate surface area is 164 Å². The summed E-state index contributed by atoms with van der Waals surface area (Å²) in [5.41, 5.74) is 6.54. The average Bonchev–Trinajstić information content (AvgIpc) is 3.10.